The van der Waals surface area contributed by atoms with Crippen molar-refractivity contribution in [2.24, 2.45) is 11.7 Å². The average Bonchev–Trinajstić information content (AvgIpc) is 2.48. The molecule has 1 aromatic carbocycles. The summed E-state index contributed by atoms with van der Waals surface area (Å²) in [6, 6.07) is 5.88. The topological polar surface area (TPSA) is 67.5 Å². The van der Waals surface area contributed by atoms with Gasteiger partial charge in [-0.2, -0.15) is 0 Å². The van der Waals surface area contributed by atoms with Crippen LogP contribution >= 0.6 is 0 Å². The second-order valence-corrected chi connectivity index (χ2v) is 6.04. The fraction of sp³-hybridized carbons (Fsp3) is 0.647. The number of hydrogen-bond acceptors (Lipinski definition) is 4. The van der Waals surface area contributed by atoms with E-state index < -0.39 is 0 Å². The van der Waals surface area contributed by atoms with Crippen molar-refractivity contribution < 1.29 is 9.84 Å². The van der Waals surface area contributed by atoms with Gasteiger partial charge in [0.15, 0.2) is 0 Å². The molecule has 0 radical (unpaired) electrons. The molecular formula is C17H28N2O2. The van der Waals surface area contributed by atoms with Crippen LogP contribution in [0.4, 0.5) is 5.69 Å². The molecule has 4 N–H and O–H groups in total. The summed E-state index contributed by atoms with van der Waals surface area (Å²) in [7, 11) is 0. The van der Waals surface area contributed by atoms with Crippen LogP contribution in [0.5, 0.6) is 11.5 Å². The Labute approximate surface area is 127 Å². The van der Waals surface area contributed by atoms with Gasteiger partial charge in [-0.25, -0.2) is 0 Å². The van der Waals surface area contributed by atoms with Gasteiger partial charge in [0.1, 0.15) is 11.5 Å². The van der Waals surface area contributed by atoms with E-state index in [1.807, 2.05) is 12.1 Å². The number of rotatable bonds is 7. The minimum Gasteiger partial charge on any atom is -0.506 e. The van der Waals surface area contributed by atoms with Crippen LogP contribution in [0.25, 0.3) is 0 Å². The Morgan fingerprint density at radius 3 is 2.71 bits per heavy atom. The molecule has 0 aromatic heterocycles. The van der Waals surface area contributed by atoms with Gasteiger partial charge >= 0.3 is 0 Å². The molecule has 1 fully saturated rings. The molecule has 4 nitrogen and oxygen atoms in total. The Morgan fingerprint density at radius 1 is 1.29 bits per heavy atom. The standard InChI is InChI=1S/C17H28N2O2/c1-2-3-10-21-15-8-9-16(17(20)11-15)19-12-13-4-6-14(18)7-5-13/h8-9,11,13-14,19-20H,2-7,10,12,18H2,1H3/t13-,14-. The highest BCUT2D eigenvalue weighted by Gasteiger charge is 2.18. The number of nitrogens with two attached hydrogens (primary N) is 1. The van der Waals surface area contributed by atoms with E-state index in [4.69, 9.17) is 10.5 Å². The van der Waals surface area contributed by atoms with Crippen LogP contribution in [0.3, 0.4) is 0 Å². The molecule has 4 heteroatoms. The summed E-state index contributed by atoms with van der Waals surface area (Å²) in [6.45, 7) is 3.73. The quantitative estimate of drug-likeness (QED) is 0.531. The number of ether oxygens (including phenoxy) is 1. The molecule has 0 unspecified atom stereocenters. The van der Waals surface area contributed by atoms with Crippen molar-refractivity contribution in [3.63, 3.8) is 0 Å². The number of anilines is 1. The first-order valence-electron chi connectivity index (χ1n) is 8.14. The summed E-state index contributed by atoms with van der Waals surface area (Å²) in [5, 5.41) is 13.4. The van der Waals surface area contributed by atoms with Crippen LogP contribution < -0.4 is 15.8 Å². The van der Waals surface area contributed by atoms with Gasteiger partial charge in [0, 0.05) is 18.7 Å². The molecule has 1 aromatic rings. The Bertz CT molecular complexity index is 429. The van der Waals surface area contributed by atoms with Gasteiger partial charge in [-0.05, 0) is 50.2 Å². The van der Waals surface area contributed by atoms with Crippen molar-refractivity contribution in [2.75, 3.05) is 18.5 Å². The van der Waals surface area contributed by atoms with Crippen molar-refractivity contribution in [3.05, 3.63) is 18.2 Å². The van der Waals surface area contributed by atoms with Gasteiger partial charge in [-0.15, -0.1) is 0 Å². The van der Waals surface area contributed by atoms with Crippen LogP contribution in [-0.4, -0.2) is 24.3 Å². The lowest BCUT2D eigenvalue weighted by atomic mass is 9.86. The van der Waals surface area contributed by atoms with Gasteiger partial charge < -0.3 is 20.9 Å². The Morgan fingerprint density at radius 2 is 2.05 bits per heavy atom. The maximum Gasteiger partial charge on any atom is 0.142 e. The third-order valence-electron chi connectivity index (χ3n) is 4.21. The van der Waals surface area contributed by atoms with E-state index in [0.717, 1.165) is 43.7 Å². The van der Waals surface area contributed by atoms with Crippen LogP contribution in [0.15, 0.2) is 18.2 Å². The van der Waals surface area contributed by atoms with E-state index in [1.165, 1.54) is 12.8 Å². The number of benzene rings is 1. The molecule has 1 saturated carbocycles. The van der Waals surface area contributed by atoms with E-state index in [9.17, 15) is 5.11 Å². The molecule has 0 amide bonds. The van der Waals surface area contributed by atoms with Crippen molar-refractivity contribution >= 4 is 5.69 Å². The minimum atomic E-state index is 0.261. The predicted octanol–water partition coefficient (Wildman–Crippen LogP) is 3.50. The van der Waals surface area contributed by atoms with Gasteiger partial charge in [-0.1, -0.05) is 13.3 Å². The Balaban J connectivity index is 1.80. The first-order chi connectivity index (χ1) is 10.2. The summed E-state index contributed by atoms with van der Waals surface area (Å²) < 4.78 is 5.59. The molecule has 118 valence electrons. The highest BCUT2D eigenvalue weighted by Crippen LogP contribution is 2.30. The van der Waals surface area contributed by atoms with Crippen molar-refractivity contribution in [2.45, 2.75) is 51.5 Å². The zero-order valence-corrected chi connectivity index (χ0v) is 13.0. The summed E-state index contributed by atoms with van der Waals surface area (Å²) in [5.41, 5.74) is 6.71. The van der Waals surface area contributed by atoms with E-state index in [-0.39, 0.29) is 5.75 Å². The van der Waals surface area contributed by atoms with E-state index in [1.54, 1.807) is 6.07 Å². The highest BCUT2D eigenvalue weighted by molar-refractivity contribution is 5.58. The van der Waals surface area contributed by atoms with Gasteiger partial charge in [0.2, 0.25) is 0 Å². The maximum atomic E-state index is 10.1. The van der Waals surface area contributed by atoms with Crippen LogP contribution in [0.1, 0.15) is 45.4 Å². The fourth-order valence-corrected chi connectivity index (χ4v) is 2.73. The molecule has 0 aliphatic heterocycles. The lowest BCUT2D eigenvalue weighted by Crippen LogP contribution is -2.29. The first kappa shape index (κ1) is 16.0. The number of aromatic hydroxyl groups is 1. The SMILES string of the molecule is CCCCOc1ccc(NC[C@H]2CC[C@H](N)CC2)c(O)c1. The second kappa shape index (κ2) is 8.13. The minimum absolute atomic E-state index is 0.261. The van der Waals surface area contributed by atoms with E-state index in [2.05, 4.69) is 12.2 Å². The Hall–Kier alpha value is -1.42. The predicted molar refractivity (Wildman–Crippen MR) is 86.9 cm³/mol. The molecular weight excluding hydrogens is 264 g/mol. The molecule has 0 spiro atoms. The third kappa shape index (κ3) is 5.12. The van der Waals surface area contributed by atoms with Crippen molar-refractivity contribution in [1.29, 1.82) is 0 Å². The number of phenols is 1. The molecule has 21 heavy (non-hydrogen) atoms. The lowest BCUT2D eigenvalue weighted by Gasteiger charge is -2.26. The third-order valence-corrected chi connectivity index (χ3v) is 4.21. The molecule has 1 aliphatic rings. The molecule has 0 atom stereocenters. The summed E-state index contributed by atoms with van der Waals surface area (Å²) in [5.74, 6) is 1.65. The fourth-order valence-electron chi connectivity index (χ4n) is 2.73. The monoisotopic (exact) mass is 292 g/mol. The first-order valence-corrected chi connectivity index (χ1v) is 8.14. The van der Waals surface area contributed by atoms with Crippen LogP contribution in [-0.2, 0) is 0 Å². The van der Waals surface area contributed by atoms with Crippen molar-refractivity contribution in [3.8, 4) is 11.5 Å². The van der Waals surface area contributed by atoms with Gasteiger partial charge in [-0.3, -0.25) is 0 Å². The zero-order chi connectivity index (χ0) is 15.1. The normalized spacial score (nSPS) is 22.0. The van der Waals surface area contributed by atoms with Crippen LogP contribution in [0, 0.1) is 5.92 Å². The molecule has 1 aliphatic carbocycles. The average molecular weight is 292 g/mol. The lowest BCUT2D eigenvalue weighted by molar-refractivity contribution is 0.307. The summed E-state index contributed by atoms with van der Waals surface area (Å²) in [4.78, 5) is 0. The largest absolute Gasteiger partial charge is 0.506 e. The summed E-state index contributed by atoms with van der Waals surface area (Å²) in [6.07, 6.45) is 6.71. The summed E-state index contributed by atoms with van der Waals surface area (Å²) >= 11 is 0. The molecule has 0 heterocycles. The van der Waals surface area contributed by atoms with E-state index in [0.29, 0.717) is 18.6 Å². The molecule has 0 bridgehead atoms. The second-order valence-electron chi connectivity index (χ2n) is 6.04. The van der Waals surface area contributed by atoms with Gasteiger partial charge in [0.25, 0.3) is 0 Å². The number of phenolic OH excluding ortho intramolecular Hbond substituents is 1. The van der Waals surface area contributed by atoms with Crippen molar-refractivity contribution in [1.82, 2.24) is 0 Å². The molecule has 2 rings (SSSR count). The number of hydrogen-bond donors (Lipinski definition) is 3. The van der Waals surface area contributed by atoms with Crippen LogP contribution in [0.2, 0.25) is 0 Å². The van der Waals surface area contributed by atoms with E-state index >= 15 is 0 Å². The van der Waals surface area contributed by atoms with Gasteiger partial charge in [0.05, 0.1) is 12.3 Å². The molecule has 0 saturated heterocycles. The number of nitrogens with one attached hydrogen (secondary N) is 1. The zero-order valence-electron chi connectivity index (χ0n) is 13.0. The number of unbranched alkanes of at least 4 members (excludes halogenated alkanes) is 1. The smallest absolute Gasteiger partial charge is 0.142 e. The highest BCUT2D eigenvalue weighted by atomic mass is 16.5. The Kier molecular flexibility index (Phi) is 6.18. The maximum absolute atomic E-state index is 10.1.